The summed E-state index contributed by atoms with van der Waals surface area (Å²) in [6.45, 7) is 0. The molecule has 46 heavy (non-hydrogen) atoms. The maximum absolute atomic E-state index is 14.2. The number of nitro benzene ring substituents is 3. The van der Waals surface area contributed by atoms with Gasteiger partial charge >= 0.3 is 11.4 Å². The third-order valence-corrected chi connectivity index (χ3v) is 8.41. The number of carbonyl (C=O) groups is 2. The molecule has 234 valence electrons. The number of non-ortho nitro benzene ring substituents is 1. The van der Waals surface area contributed by atoms with Gasteiger partial charge in [-0.1, -0.05) is 0 Å². The molecule has 0 saturated carbocycles. The standard InChI is InChI=1S/C26H11F4N5O10S/c27-20-18-19(21(28)23(30)22(20)29)26(37)32(25(18)36)12-3-7-15(8-4-12)46(44,45)14-5-1-11(2-6-14)31-24-16(34(40)41)9-13(33(38)39)10-17(24)35(42)43/h1-10,31H. The fraction of sp³-hybridized carbons (Fsp3) is 0. The Morgan fingerprint density at radius 3 is 1.43 bits per heavy atom. The maximum atomic E-state index is 14.2. The molecule has 0 atom stereocenters. The molecule has 0 fully saturated rings. The summed E-state index contributed by atoms with van der Waals surface area (Å²) in [5, 5.41) is 36.5. The minimum absolute atomic E-state index is 0.0905. The summed E-state index contributed by atoms with van der Waals surface area (Å²) in [7, 11) is -4.36. The van der Waals surface area contributed by atoms with Crippen molar-refractivity contribution in [3.63, 3.8) is 0 Å². The van der Waals surface area contributed by atoms with Crippen molar-refractivity contribution in [2.45, 2.75) is 9.79 Å². The number of benzene rings is 4. The van der Waals surface area contributed by atoms with Crippen LogP contribution in [0.25, 0.3) is 0 Å². The number of fused-ring (bicyclic) bond motifs is 1. The van der Waals surface area contributed by atoms with Crippen molar-refractivity contribution in [2.75, 3.05) is 10.2 Å². The number of nitro groups is 3. The van der Waals surface area contributed by atoms with E-state index in [-0.39, 0.29) is 15.5 Å². The van der Waals surface area contributed by atoms with E-state index in [0.29, 0.717) is 12.1 Å². The number of carbonyl (C=O) groups excluding carboxylic acids is 2. The van der Waals surface area contributed by atoms with E-state index < -0.39 is 104 Å². The number of anilines is 3. The maximum Gasteiger partial charge on any atom is 0.306 e. The molecule has 1 heterocycles. The van der Waals surface area contributed by atoms with Crippen molar-refractivity contribution in [1.29, 1.82) is 0 Å². The van der Waals surface area contributed by atoms with Crippen LogP contribution in [0.15, 0.2) is 70.5 Å². The predicted octanol–water partition coefficient (Wildman–Crippen LogP) is 5.34. The van der Waals surface area contributed by atoms with Crippen LogP contribution in [0.3, 0.4) is 0 Å². The predicted molar refractivity (Wildman–Crippen MR) is 145 cm³/mol. The second kappa shape index (κ2) is 11.0. The van der Waals surface area contributed by atoms with Gasteiger partial charge < -0.3 is 5.32 Å². The van der Waals surface area contributed by atoms with Crippen molar-refractivity contribution in [3.8, 4) is 0 Å². The molecule has 20 heteroatoms. The zero-order valence-corrected chi connectivity index (χ0v) is 22.9. The lowest BCUT2D eigenvalue weighted by molar-refractivity contribution is -0.401. The van der Waals surface area contributed by atoms with Gasteiger partial charge in [-0.15, -0.1) is 0 Å². The first-order chi connectivity index (χ1) is 21.6. The van der Waals surface area contributed by atoms with Crippen molar-refractivity contribution >= 4 is 55.8 Å². The smallest absolute Gasteiger partial charge is 0.306 e. The first-order valence-electron chi connectivity index (χ1n) is 12.1. The molecule has 4 aromatic carbocycles. The lowest BCUT2D eigenvalue weighted by Crippen LogP contribution is -2.29. The average molecular weight is 661 g/mol. The zero-order valence-electron chi connectivity index (χ0n) is 22.1. The minimum atomic E-state index is -4.36. The normalized spacial score (nSPS) is 12.7. The van der Waals surface area contributed by atoms with E-state index >= 15 is 0 Å². The number of nitrogens with one attached hydrogen (secondary N) is 1. The first kappa shape index (κ1) is 31.1. The van der Waals surface area contributed by atoms with E-state index in [1.54, 1.807) is 0 Å². The van der Waals surface area contributed by atoms with Crippen LogP contribution >= 0.6 is 0 Å². The van der Waals surface area contributed by atoms with Crippen LogP contribution in [0.2, 0.25) is 0 Å². The van der Waals surface area contributed by atoms with Gasteiger partial charge in [0, 0.05) is 5.69 Å². The molecule has 4 aromatic rings. The second-order valence-corrected chi connectivity index (χ2v) is 11.2. The van der Waals surface area contributed by atoms with Crippen LogP contribution in [-0.4, -0.2) is 35.0 Å². The fourth-order valence-electron chi connectivity index (χ4n) is 4.47. The molecule has 0 saturated heterocycles. The molecule has 5 rings (SSSR count). The van der Waals surface area contributed by atoms with E-state index in [0.717, 1.165) is 48.5 Å². The molecule has 0 spiro atoms. The number of hydrogen-bond donors (Lipinski definition) is 1. The molecule has 1 aliphatic rings. The van der Waals surface area contributed by atoms with Gasteiger partial charge in [-0.2, -0.15) is 0 Å². The van der Waals surface area contributed by atoms with E-state index in [1.165, 1.54) is 0 Å². The van der Waals surface area contributed by atoms with Crippen molar-refractivity contribution in [2.24, 2.45) is 0 Å². The summed E-state index contributed by atoms with van der Waals surface area (Å²) in [5.41, 5.74) is -6.80. The van der Waals surface area contributed by atoms with Crippen LogP contribution in [0.1, 0.15) is 20.7 Å². The lowest BCUT2D eigenvalue weighted by Gasteiger charge is -2.14. The third-order valence-electron chi connectivity index (χ3n) is 6.63. The van der Waals surface area contributed by atoms with Crippen molar-refractivity contribution in [1.82, 2.24) is 0 Å². The molecular weight excluding hydrogens is 650 g/mol. The number of amides is 2. The minimum Gasteiger partial charge on any atom is -0.344 e. The van der Waals surface area contributed by atoms with Crippen LogP contribution in [0, 0.1) is 53.6 Å². The number of nitrogens with zero attached hydrogens (tertiary/aromatic N) is 4. The van der Waals surface area contributed by atoms with Gasteiger partial charge in [0.05, 0.1) is 53.5 Å². The summed E-state index contributed by atoms with van der Waals surface area (Å²) < 4.78 is 82.2. The highest BCUT2D eigenvalue weighted by atomic mass is 32.2. The fourth-order valence-corrected chi connectivity index (χ4v) is 5.74. The van der Waals surface area contributed by atoms with Crippen LogP contribution in [-0.2, 0) is 9.84 Å². The topological polar surface area (TPSA) is 213 Å². The molecule has 0 aliphatic carbocycles. The van der Waals surface area contributed by atoms with Crippen molar-refractivity contribution < 1.29 is 50.3 Å². The summed E-state index contributed by atoms with van der Waals surface area (Å²) in [4.78, 5) is 55.5. The number of halogens is 4. The van der Waals surface area contributed by atoms with Crippen molar-refractivity contribution in [3.05, 3.63) is 125 Å². The van der Waals surface area contributed by atoms with Gasteiger partial charge in [0.2, 0.25) is 9.84 Å². The molecule has 0 bridgehead atoms. The van der Waals surface area contributed by atoms with Crippen LogP contribution in [0.4, 0.5) is 51.7 Å². The quantitative estimate of drug-likeness (QED) is 0.0635. The third kappa shape index (κ3) is 4.91. The molecule has 0 aromatic heterocycles. The van der Waals surface area contributed by atoms with Gasteiger partial charge in [-0.25, -0.2) is 30.9 Å². The molecule has 0 unspecified atom stereocenters. The molecule has 0 radical (unpaired) electrons. The Bertz CT molecular complexity index is 2080. The number of sulfone groups is 1. The Morgan fingerprint density at radius 2 is 1.04 bits per heavy atom. The van der Waals surface area contributed by atoms with Crippen LogP contribution < -0.4 is 10.2 Å². The number of rotatable bonds is 8. The number of hydrogen-bond acceptors (Lipinski definition) is 11. The Hall–Kier alpha value is -6.31. The van der Waals surface area contributed by atoms with Gasteiger partial charge in [-0.05, 0) is 48.5 Å². The highest BCUT2D eigenvalue weighted by Gasteiger charge is 2.44. The zero-order chi connectivity index (χ0) is 33.8. The van der Waals surface area contributed by atoms with E-state index in [9.17, 15) is 65.9 Å². The first-order valence-corrected chi connectivity index (χ1v) is 13.6. The average Bonchev–Trinajstić information content (AvgIpc) is 3.28. The Labute approximate surface area is 251 Å². The summed E-state index contributed by atoms with van der Waals surface area (Å²) in [6, 6.07) is 8.84. The lowest BCUT2D eigenvalue weighted by atomic mass is 10.1. The van der Waals surface area contributed by atoms with Gasteiger partial charge in [0.15, 0.2) is 29.0 Å². The molecule has 2 amide bonds. The highest BCUT2D eigenvalue weighted by molar-refractivity contribution is 7.91. The highest BCUT2D eigenvalue weighted by Crippen LogP contribution is 2.40. The molecule has 1 aliphatic heterocycles. The van der Waals surface area contributed by atoms with Gasteiger partial charge in [-0.3, -0.25) is 39.9 Å². The SMILES string of the molecule is O=C1c2c(F)c(F)c(F)c(F)c2C(=O)N1c1ccc(S(=O)(=O)c2ccc(Nc3c([N+](=O)[O-])cc([N+](=O)[O-])cc3[N+](=O)[O-])cc2)cc1. The molecule has 15 nitrogen and oxygen atoms in total. The monoisotopic (exact) mass is 661 g/mol. The van der Waals surface area contributed by atoms with E-state index in [2.05, 4.69) is 5.32 Å². The largest absolute Gasteiger partial charge is 0.344 e. The Balaban J connectivity index is 1.43. The Kier molecular flexibility index (Phi) is 7.44. The van der Waals surface area contributed by atoms with Crippen LogP contribution in [0.5, 0.6) is 0 Å². The number of imide groups is 1. The summed E-state index contributed by atoms with van der Waals surface area (Å²) in [5.74, 6) is -11.8. The summed E-state index contributed by atoms with van der Waals surface area (Å²) >= 11 is 0. The van der Waals surface area contributed by atoms with E-state index in [1.807, 2.05) is 0 Å². The summed E-state index contributed by atoms with van der Waals surface area (Å²) in [6.07, 6.45) is 0. The molecular formula is C26H11F4N5O10S. The van der Waals surface area contributed by atoms with E-state index in [4.69, 9.17) is 0 Å². The Morgan fingerprint density at radius 1 is 0.630 bits per heavy atom. The van der Waals surface area contributed by atoms with Gasteiger partial charge in [0.1, 0.15) is 0 Å². The van der Waals surface area contributed by atoms with Gasteiger partial charge in [0.25, 0.3) is 17.5 Å². The molecule has 1 N–H and O–H groups in total. The second-order valence-electron chi connectivity index (χ2n) is 9.23.